The van der Waals surface area contributed by atoms with Crippen molar-refractivity contribution < 1.29 is 9.90 Å². The number of amides is 1. The van der Waals surface area contributed by atoms with Gasteiger partial charge >= 0.3 is 0 Å². The average Bonchev–Trinajstić information content (AvgIpc) is 3.03. The summed E-state index contributed by atoms with van der Waals surface area (Å²) in [7, 11) is 0. The predicted octanol–water partition coefficient (Wildman–Crippen LogP) is 3.44. The highest BCUT2D eigenvalue weighted by Crippen LogP contribution is 2.49. The molecule has 2 N–H and O–H groups in total. The molecule has 0 aromatic heterocycles. The number of anilines is 2. The van der Waals surface area contributed by atoms with Gasteiger partial charge in [-0.05, 0) is 49.9 Å². The van der Waals surface area contributed by atoms with Gasteiger partial charge in [0, 0.05) is 25.0 Å². The van der Waals surface area contributed by atoms with E-state index in [4.69, 9.17) is 0 Å². The molecule has 29 heavy (non-hydrogen) atoms. The van der Waals surface area contributed by atoms with Crippen molar-refractivity contribution >= 4 is 17.3 Å². The number of benzene rings is 2. The summed E-state index contributed by atoms with van der Waals surface area (Å²) in [6, 6.07) is 14.9. The number of nitrogens with one attached hydrogen (secondary N) is 1. The Kier molecular flexibility index (Phi) is 4.80. The number of carbonyl (C=O) groups excluding carboxylic acids is 1. The molecule has 3 heterocycles. The summed E-state index contributed by atoms with van der Waals surface area (Å²) in [5.41, 5.74) is 5.84. The maximum Gasteiger partial charge on any atom is 0.243 e. The van der Waals surface area contributed by atoms with Crippen LogP contribution in [0.1, 0.15) is 48.0 Å². The highest BCUT2D eigenvalue weighted by Gasteiger charge is 2.44. The topological polar surface area (TPSA) is 55.8 Å². The van der Waals surface area contributed by atoms with E-state index in [0.29, 0.717) is 18.5 Å². The molecule has 0 saturated carbocycles. The molecule has 3 aliphatic rings. The van der Waals surface area contributed by atoms with E-state index in [2.05, 4.69) is 46.3 Å². The zero-order chi connectivity index (χ0) is 20.0. The fourth-order valence-electron chi connectivity index (χ4n) is 5.34. The highest BCUT2D eigenvalue weighted by atomic mass is 16.3. The van der Waals surface area contributed by atoms with Crippen LogP contribution in [0.4, 0.5) is 11.4 Å². The summed E-state index contributed by atoms with van der Waals surface area (Å²) >= 11 is 0. The molecule has 1 saturated heterocycles. The molecule has 152 valence electrons. The molecule has 1 fully saturated rings. The molecule has 5 rings (SSSR count). The van der Waals surface area contributed by atoms with Crippen LogP contribution in [0, 0.1) is 6.92 Å². The molecule has 0 radical (unpaired) electrons. The third-order valence-electron chi connectivity index (χ3n) is 6.82. The van der Waals surface area contributed by atoms with E-state index < -0.39 is 0 Å². The Hall–Kier alpha value is -2.37. The molecule has 2 aromatic carbocycles. The van der Waals surface area contributed by atoms with Gasteiger partial charge in [0.05, 0.1) is 24.0 Å². The van der Waals surface area contributed by atoms with Gasteiger partial charge in [-0.15, -0.1) is 0 Å². The number of nitrogens with zero attached hydrogens (tertiary/aromatic N) is 2. The van der Waals surface area contributed by atoms with Crippen molar-refractivity contribution in [1.82, 2.24) is 4.90 Å². The number of carbonyl (C=O) groups is 1. The van der Waals surface area contributed by atoms with Gasteiger partial charge in [0.25, 0.3) is 0 Å². The Morgan fingerprint density at radius 1 is 1.21 bits per heavy atom. The summed E-state index contributed by atoms with van der Waals surface area (Å²) in [6.45, 7) is 5.65. The lowest BCUT2D eigenvalue weighted by atomic mass is 9.89. The molecule has 0 bridgehead atoms. The lowest BCUT2D eigenvalue weighted by molar-refractivity contribution is -0.115. The second-order valence-corrected chi connectivity index (χ2v) is 8.75. The average molecular weight is 392 g/mol. The summed E-state index contributed by atoms with van der Waals surface area (Å²) in [5, 5.41) is 13.5. The Labute approximate surface area is 172 Å². The van der Waals surface area contributed by atoms with Crippen LogP contribution in [0.3, 0.4) is 0 Å². The fourth-order valence-corrected chi connectivity index (χ4v) is 5.34. The second-order valence-electron chi connectivity index (χ2n) is 8.75. The number of aliphatic hydroxyl groups excluding tert-OH is 1. The van der Waals surface area contributed by atoms with E-state index in [0.717, 1.165) is 50.1 Å². The minimum absolute atomic E-state index is 0.0998. The normalized spacial score (nSPS) is 24.1. The van der Waals surface area contributed by atoms with E-state index in [1.54, 1.807) is 0 Å². The number of aliphatic hydroxyl groups is 1. The monoisotopic (exact) mass is 391 g/mol. The zero-order valence-electron chi connectivity index (χ0n) is 17.0. The first kappa shape index (κ1) is 18.6. The van der Waals surface area contributed by atoms with Gasteiger partial charge in [-0.1, -0.05) is 42.0 Å². The largest absolute Gasteiger partial charge is 0.388 e. The van der Waals surface area contributed by atoms with Crippen LogP contribution in [-0.2, 0) is 4.79 Å². The zero-order valence-corrected chi connectivity index (χ0v) is 17.0. The van der Waals surface area contributed by atoms with Gasteiger partial charge < -0.3 is 20.2 Å². The summed E-state index contributed by atoms with van der Waals surface area (Å²) in [6.07, 6.45) is 2.49. The Morgan fingerprint density at radius 2 is 2.03 bits per heavy atom. The maximum absolute atomic E-state index is 12.1. The molecular formula is C24H29N3O2. The highest BCUT2D eigenvalue weighted by molar-refractivity contribution is 6.03. The van der Waals surface area contributed by atoms with Gasteiger partial charge in [-0.25, -0.2) is 0 Å². The molecule has 3 aliphatic heterocycles. The van der Waals surface area contributed by atoms with Crippen molar-refractivity contribution in [2.75, 3.05) is 36.4 Å². The second kappa shape index (κ2) is 7.47. The van der Waals surface area contributed by atoms with Gasteiger partial charge in [-0.3, -0.25) is 4.79 Å². The molecular weight excluding hydrogens is 362 g/mol. The standard InChI is InChI=1S/C24H29N3O2/c1-16-7-9-17(10-8-16)22(28)6-3-12-26-13-11-21-19(14-26)18-4-2-5-20-24(18)27(21)15-23(29)25-20/h2,4-5,7-10,19,21-22,28H,3,6,11-15H2,1H3,(H,25,29)/t19-,21-,22+/m0/s1. The number of fused-ring (bicyclic) bond motifs is 3. The Bertz CT molecular complexity index is 911. The quantitative estimate of drug-likeness (QED) is 0.820. The SMILES string of the molecule is Cc1ccc([C@H](O)CCCN2CC[C@H]3[C@@H](C2)c2cccc4c2N3CC(=O)N4)cc1. The van der Waals surface area contributed by atoms with Gasteiger partial charge in [0.1, 0.15) is 0 Å². The lowest BCUT2D eigenvalue weighted by Gasteiger charge is -2.39. The van der Waals surface area contributed by atoms with Crippen molar-refractivity contribution in [1.29, 1.82) is 0 Å². The van der Waals surface area contributed by atoms with Crippen LogP contribution in [0.2, 0.25) is 0 Å². The minimum Gasteiger partial charge on any atom is -0.388 e. The lowest BCUT2D eigenvalue weighted by Crippen LogP contribution is -2.49. The van der Waals surface area contributed by atoms with Crippen LogP contribution in [0.5, 0.6) is 0 Å². The van der Waals surface area contributed by atoms with E-state index >= 15 is 0 Å². The summed E-state index contributed by atoms with van der Waals surface area (Å²) < 4.78 is 0. The first-order chi connectivity index (χ1) is 14.1. The summed E-state index contributed by atoms with van der Waals surface area (Å²) in [4.78, 5) is 17.0. The van der Waals surface area contributed by atoms with Crippen LogP contribution in [0.25, 0.3) is 0 Å². The number of rotatable bonds is 5. The van der Waals surface area contributed by atoms with Crippen molar-refractivity contribution in [3.05, 3.63) is 59.2 Å². The number of likely N-dealkylation sites (tertiary alicyclic amines) is 1. The number of piperidine rings is 1. The minimum atomic E-state index is -0.385. The van der Waals surface area contributed by atoms with Gasteiger partial charge in [-0.2, -0.15) is 0 Å². The predicted molar refractivity (Wildman–Crippen MR) is 115 cm³/mol. The van der Waals surface area contributed by atoms with Crippen LogP contribution < -0.4 is 10.2 Å². The van der Waals surface area contributed by atoms with Gasteiger partial charge in [0.2, 0.25) is 5.91 Å². The number of para-hydroxylation sites is 1. The van der Waals surface area contributed by atoms with E-state index in [1.165, 1.54) is 16.8 Å². The Balaban J connectivity index is 1.21. The smallest absolute Gasteiger partial charge is 0.243 e. The Morgan fingerprint density at radius 3 is 2.86 bits per heavy atom. The first-order valence-corrected chi connectivity index (χ1v) is 10.8. The van der Waals surface area contributed by atoms with Gasteiger partial charge in [0.15, 0.2) is 0 Å². The van der Waals surface area contributed by atoms with Crippen molar-refractivity contribution in [3.8, 4) is 0 Å². The fraction of sp³-hybridized carbons (Fsp3) is 0.458. The molecule has 0 spiro atoms. The van der Waals surface area contributed by atoms with Crippen molar-refractivity contribution in [2.24, 2.45) is 0 Å². The molecule has 5 heteroatoms. The molecule has 0 unspecified atom stereocenters. The van der Waals surface area contributed by atoms with E-state index in [1.807, 2.05) is 18.2 Å². The first-order valence-electron chi connectivity index (χ1n) is 10.8. The molecule has 2 aromatic rings. The van der Waals surface area contributed by atoms with Crippen molar-refractivity contribution in [3.63, 3.8) is 0 Å². The summed E-state index contributed by atoms with van der Waals surface area (Å²) in [5.74, 6) is 0.566. The number of aryl methyl sites for hydroxylation is 1. The number of hydrogen-bond donors (Lipinski definition) is 2. The molecule has 5 nitrogen and oxygen atoms in total. The molecule has 3 atom stereocenters. The third kappa shape index (κ3) is 3.43. The third-order valence-corrected chi connectivity index (χ3v) is 6.82. The van der Waals surface area contributed by atoms with Crippen LogP contribution in [0.15, 0.2) is 42.5 Å². The molecule has 1 amide bonds. The van der Waals surface area contributed by atoms with E-state index in [-0.39, 0.29) is 12.0 Å². The van der Waals surface area contributed by atoms with Crippen LogP contribution in [-0.4, -0.2) is 48.1 Å². The number of hydrogen-bond acceptors (Lipinski definition) is 4. The maximum atomic E-state index is 12.1. The van der Waals surface area contributed by atoms with E-state index in [9.17, 15) is 9.90 Å². The van der Waals surface area contributed by atoms with Crippen molar-refractivity contribution in [2.45, 2.75) is 44.2 Å². The molecule has 0 aliphatic carbocycles. The van der Waals surface area contributed by atoms with Crippen LogP contribution >= 0.6 is 0 Å².